The third-order valence-corrected chi connectivity index (χ3v) is 8.26. The molecule has 0 saturated carbocycles. The molecule has 1 N–H and O–H groups in total. The summed E-state index contributed by atoms with van der Waals surface area (Å²) in [7, 11) is 1.69. The second kappa shape index (κ2) is 13.8. The summed E-state index contributed by atoms with van der Waals surface area (Å²) in [6.45, 7) is 3.20. The van der Waals surface area contributed by atoms with Gasteiger partial charge in [0.25, 0.3) is 0 Å². The zero-order valence-electron chi connectivity index (χ0n) is 21.9. The molecule has 2 aromatic carbocycles. The molecule has 4 rings (SSSR count). The van der Waals surface area contributed by atoms with Gasteiger partial charge in [-0.2, -0.15) is 0 Å². The number of aryl methyl sites for hydroxylation is 2. The SMILES string of the molecule is COc1ccc2nccc(CCC[C@@H]3CCN(CCCCc4ccccc4Cl)C[C@@H]3CCC(=O)O)c2c1. The highest BCUT2D eigenvalue weighted by Crippen LogP contribution is 2.32. The third-order valence-electron chi connectivity index (χ3n) is 7.89. The number of piperidine rings is 1. The zero-order valence-corrected chi connectivity index (χ0v) is 22.6. The predicted octanol–water partition coefficient (Wildman–Crippen LogP) is 7.05. The van der Waals surface area contributed by atoms with E-state index in [9.17, 15) is 9.90 Å². The lowest BCUT2D eigenvalue weighted by Crippen LogP contribution is -2.41. The number of likely N-dealkylation sites (tertiary alicyclic amines) is 1. The molecule has 0 aliphatic carbocycles. The minimum atomic E-state index is -0.687. The molecule has 1 aliphatic rings. The van der Waals surface area contributed by atoms with Crippen LogP contribution in [0.5, 0.6) is 5.75 Å². The maximum atomic E-state index is 11.3. The number of carboxylic acid groups (broad SMARTS) is 1. The largest absolute Gasteiger partial charge is 0.497 e. The van der Waals surface area contributed by atoms with Crippen molar-refractivity contribution in [1.82, 2.24) is 9.88 Å². The topological polar surface area (TPSA) is 62.7 Å². The number of unbranched alkanes of at least 4 members (excludes halogenated alkanes) is 1. The Hall–Kier alpha value is -2.63. The Morgan fingerprint density at radius 2 is 1.89 bits per heavy atom. The molecular formula is C31H39ClN2O3. The number of aromatic nitrogens is 1. The normalized spacial score (nSPS) is 18.2. The number of ether oxygens (including phenoxy) is 1. The second-order valence-corrected chi connectivity index (χ2v) is 10.7. The molecule has 1 aliphatic heterocycles. The number of methoxy groups -OCH3 is 1. The summed E-state index contributed by atoms with van der Waals surface area (Å²) >= 11 is 6.30. The molecule has 2 heterocycles. The number of benzene rings is 2. The van der Waals surface area contributed by atoms with Crippen molar-refractivity contribution in [3.63, 3.8) is 0 Å². The fourth-order valence-electron chi connectivity index (χ4n) is 5.81. The van der Waals surface area contributed by atoms with Crippen molar-refractivity contribution in [3.05, 3.63) is 70.9 Å². The van der Waals surface area contributed by atoms with Crippen LogP contribution in [0.25, 0.3) is 10.9 Å². The van der Waals surface area contributed by atoms with E-state index >= 15 is 0 Å². The van der Waals surface area contributed by atoms with E-state index in [0.29, 0.717) is 11.8 Å². The Labute approximate surface area is 225 Å². The number of hydrogen-bond donors (Lipinski definition) is 1. The summed E-state index contributed by atoms with van der Waals surface area (Å²) < 4.78 is 5.42. The van der Waals surface area contributed by atoms with E-state index in [-0.39, 0.29) is 6.42 Å². The molecule has 6 heteroatoms. The van der Waals surface area contributed by atoms with Crippen LogP contribution in [-0.2, 0) is 17.6 Å². The summed E-state index contributed by atoms with van der Waals surface area (Å²) in [4.78, 5) is 18.4. The van der Waals surface area contributed by atoms with Crippen LogP contribution in [0.4, 0.5) is 0 Å². The van der Waals surface area contributed by atoms with Gasteiger partial charge in [-0.05, 0) is 118 Å². The number of rotatable bonds is 13. The van der Waals surface area contributed by atoms with Crippen molar-refractivity contribution in [2.24, 2.45) is 11.8 Å². The van der Waals surface area contributed by atoms with Crippen molar-refractivity contribution >= 4 is 28.5 Å². The van der Waals surface area contributed by atoms with Gasteiger partial charge in [0.15, 0.2) is 0 Å². The van der Waals surface area contributed by atoms with Gasteiger partial charge in [-0.25, -0.2) is 0 Å². The average Bonchev–Trinajstić information content (AvgIpc) is 2.91. The van der Waals surface area contributed by atoms with Crippen LogP contribution in [-0.4, -0.2) is 47.7 Å². The number of hydrogen-bond acceptors (Lipinski definition) is 4. The van der Waals surface area contributed by atoms with Gasteiger partial charge in [-0.1, -0.05) is 29.8 Å². The molecule has 0 spiro atoms. The Bertz CT molecular complexity index is 1170. The average molecular weight is 523 g/mol. The van der Waals surface area contributed by atoms with Crippen LogP contribution in [0, 0.1) is 11.8 Å². The molecule has 0 bridgehead atoms. The van der Waals surface area contributed by atoms with Crippen LogP contribution in [0.15, 0.2) is 54.7 Å². The Kier molecular flexibility index (Phi) is 10.2. The Morgan fingerprint density at radius 3 is 2.70 bits per heavy atom. The highest BCUT2D eigenvalue weighted by molar-refractivity contribution is 6.31. The minimum Gasteiger partial charge on any atom is -0.497 e. The lowest BCUT2D eigenvalue weighted by Gasteiger charge is -2.39. The van der Waals surface area contributed by atoms with Gasteiger partial charge < -0.3 is 14.7 Å². The predicted molar refractivity (Wildman–Crippen MR) is 151 cm³/mol. The first kappa shape index (κ1) is 27.4. The lowest BCUT2D eigenvalue weighted by atomic mass is 9.79. The molecule has 1 saturated heterocycles. The second-order valence-electron chi connectivity index (χ2n) is 10.3. The van der Waals surface area contributed by atoms with Gasteiger partial charge in [0.05, 0.1) is 12.6 Å². The molecule has 0 amide bonds. The first-order valence-electron chi connectivity index (χ1n) is 13.6. The van der Waals surface area contributed by atoms with Crippen molar-refractivity contribution < 1.29 is 14.6 Å². The summed E-state index contributed by atoms with van der Waals surface area (Å²) in [5.41, 5.74) is 3.53. The van der Waals surface area contributed by atoms with Crippen LogP contribution >= 0.6 is 11.6 Å². The summed E-state index contributed by atoms with van der Waals surface area (Å²) in [5.74, 6) is 1.20. The van der Waals surface area contributed by atoms with Crippen molar-refractivity contribution in [3.8, 4) is 5.75 Å². The number of carboxylic acids is 1. The molecular weight excluding hydrogens is 484 g/mol. The number of nitrogens with zero attached hydrogens (tertiary/aromatic N) is 2. The quantitative estimate of drug-likeness (QED) is 0.244. The Balaban J connectivity index is 1.28. The molecule has 1 aromatic heterocycles. The van der Waals surface area contributed by atoms with E-state index in [2.05, 4.69) is 28.1 Å². The fraction of sp³-hybridized carbons (Fsp3) is 0.484. The van der Waals surface area contributed by atoms with Gasteiger partial charge in [-0.3, -0.25) is 9.78 Å². The third kappa shape index (κ3) is 7.93. The van der Waals surface area contributed by atoms with Gasteiger partial charge in [-0.15, -0.1) is 0 Å². The molecule has 0 radical (unpaired) electrons. The van der Waals surface area contributed by atoms with Crippen LogP contribution in [0.1, 0.15) is 56.1 Å². The van der Waals surface area contributed by atoms with E-state index < -0.39 is 5.97 Å². The van der Waals surface area contributed by atoms with E-state index in [1.807, 2.05) is 36.5 Å². The van der Waals surface area contributed by atoms with Crippen LogP contribution in [0.2, 0.25) is 5.02 Å². The monoisotopic (exact) mass is 522 g/mol. The van der Waals surface area contributed by atoms with Crippen LogP contribution < -0.4 is 4.74 Å². The maximum Gasteiger partial charge on any atom is 0.303 e. The van der Waals surface area contributed by atoms with Gasteiger partial charge in [0.2, 0.25) is 0 Å². The molecule has 1 fully saturated rings. The van der Waals surface area contributed by atoms with E-state index in [4.69, 9.17) is 16.3 Å². The van der Waals surface area contributed by atoms with E-state index in [1.54, 1.807) is 7.11 Å². The number of pyridine rings is 1. The lowest BCUT2D eigenvalue weighted by molar-refractivity contribution is -0.137. The first-order chi connectivity index (χ1) is 18.0. The van der Waals surface area contributed by atoms with Crippen molar-refractivity contribution in [1.29, 1.82) is 0 Å². The number of aliphatic carboxylic acids is 1. The van der Waals surface area contributed by atoms with Gasteiger partial charge >= 0.3 is 5.97 Å². The van der Waals surface area contributed by atoms with Gasteiger partial charge in [0.1, 0.15) is 5.75 Å². The summed E-state index contributed by atoms with van der Waals surface area (Å²) in [6.07, 6.45) is 10.6. The standard InChI is InChI=1S/C31H39ClN2O3/c1-37-27-13-14-30-28(21-27)24(16-18-33-30)10-6-9-23-17-20-34(22-26(23)12-15-31(35)36)19-5-4-8-25-7-2-3-11-29(25)32/h2-3,7,11,13-14,16,18,21,23,26H,4-6,8-10,12,15,17,19-20,22H2,1H3,(H,35,36)/t23-,26+/m1/s1. The molecule has 3 aromatic rings. The fourth-order valence-corrected chi connectivity index (χ4v) is 6.04. The van der Waals surface area contributed by atoms with Crippen molar-refractivity contribution in [2.75, 3.05) is 26.7 Å². The number of carbonyl (C=O) groups is 1. The highest BCUT2D eigenvalue weighted by Gasteiger charge is 2.29. The van der Waals surface area contributed by atoms with E-state index in [1.165, 1.54) is 11.1 Å². The molecule has 198 valence electrons. The summed E-state index contributed by atoms with van der Waals surface area (Å²) in [5, 5.41) is 11.3. The number of fused-ring (bicyclic) bond motifs is 1. The maximum absolute atomic E-state index is 11.3. The first-order valence-corrected chi connectivity index (χ1v) is 14.0. The smallest absolute Gasteiger partial charge is 0.303 e. The number of halogens is 1. The molecule has 0 unspecified atom stereocenters. The summed E-state index contributed by atoms with van der Waals surface area (Å²) in [6, 6.07) is 16.3. The van der Waals surface area contributed by atoms with E-state index in [0.717, 1.165) is 92.7 Å². The minimum absolute atomic E-state index is 0.260. The highest BCUT2D eigenvalue weighted by atomic mass is 35.5. The van der Waals surface area contributed by atoms with Gasteiger partial charge in [0, 0.05) is 29.6 Å². The molecule has 37 heavy (non-hydrogen) atoms. The van der Waals surface area contributed by atoms with Crippen molar-refractivity contribution in [2.45, 2.75) is 57.8 Å². The zero-order chi connectivity index (χ0) is 26.0. The Morgan fingerprint density at radius 1 is 1.05 bits per heavy atom. The molecule has 2 atom stereocenters. The van der Waals surface area contributed by atoms with Crippen LogP contribution in [0.3, 0.4) is 0 Å². The molecule has 5 nitrogen and oxygen atoms in total.